The number of carbonyl (C=O) groups excluding carboxylic acids is 3. The van der Waals surface area contributed by atoms with Gasteiger partial charge >= 0.3 is 17.9 Å². The van der Waals surface area contributed by atoms with Crippen molar-refractivity contribution in [3.8, 4) is 0 Å². The number of benzene rings is 1. The molecule has 2 atom stereocenters. The third-order valence-corrected chi connectivity index (χ3v) is 5.40. The number of hydrogen-bond donors (Lipinski definition) is 0. The van der Waals surface area contributed by atoms with E-state index in [-0.39, 0.29) is 17.9 Å². The first-order valence-corrected chi connectivity index (χ1v) is 9.08. The lowest BCUT2D eigenvalue weighted by Crippen LogP contribution is -2.56. The number of nitrogens with zero attached hydrogens (tertiary/aromatic N) is 1. The average molecular weight is 393 g/mol. The molecular weight excluding hydrogens is 374 g/mol. The Morgan fingerprint density at radius 1 is 1.19 bits per heavy atom. The number of ether oxygens (including phenoxy) is 4. The molecule has 3 rings (SSSR count). The van der Waals surface area contributed by atoms with Crippen LogP contribution in [0.3, 0.4) is 0 Å². The third kappa shape index (κ3) is 2.96. The zero-order valence-corrected chi connectivity index (χ0v) is 16.1. The molecule has 0 amide bonds. The van der Waals surface area contributed by atoms with Gasteiger partial charge in [-0.05, 0) is 26.0 Å². The second-order valence-corrected chi connectivity index (χ2v) is 6.92. The molecule has 0 fully saturated rings. The van der Waals surface area contributed by atoms with Crippen molar-refractivity contribution in [2.75, 3.05) is 25.7 Å². The second-order valence-electron chi connectivity index (χ2n) is 5.84. The van der Waals surface area contributed by atoms with E-state index < -0.39 is 29.1 Å². The van der Waals surface area contributed by atoms with Crippen molar-refractivity contribution in [1.29, 1.82) is 0 Å². The van der Waals surface area contributed by atoms with E-state index in [9.17, 15) is 14.4 Å². The Labute approximate surface area is 160 Å². The molecule has 0 bridgehead atoms. The van der Waals surface area contributed by atoms with Gasteiger partial charge in [-0.15, -0.1) is 0 Å². The molecular formula is C18H19NO7S. The molecule has 0 aliphatic carbocycles. The van der Waals surface area contributed by atoms with Crippen molar-refractivity contribution >= 4 is 35.4 Å². The van der Waals surface area contributed by atoms with Crippen LogP contribution < -0.4 is 4.90 Å². The number of rotatable bonds is 4. The molecule has 144 valence electrons. The first-order chi connectivity index (χ1) is 12.9. The Bertz CT molecular complexity index is 837. The van der Waals surface area contributed by atoms with Crippen LogP contribution in [0, 0.1) is 0 Å². The van der Waals surface area contributed by atoms with Gasteiger partial charge in [0.25, 0.3) is 0 Å². The first kappa shape index (κ1) is 19.2. The lowest BCUT2D eigenvalue weighted by atomic mass is 9.91. The maximum atomic E-state index is 12.7. The van der Waals surface area contributed by atoms with Crippen LogP contribution in [0.25, 0.3) is 0 Å². The number of para-hydroxylation sites is 1. The predicted molar refractivity (Wildman–Crippen MR) is 95.7 cm³/mol. The number of thioether (sulfide) groups is 1. The van der Waals surface area contributed by atoms with Crippen LogP contribution in [0.4, 0.5) is 5.69 Å². The molecule has 9 heteroatoms. The van der Waals surface area contributed by atoms with Gasteiger partial charge in [0.05, 0.1) is 26.5 Å². The Hall–Kier alpha value is -2.52. The summed E-state index contributed by atoms with van der Waals surface area (Å²) in [5.41, 5.74) is -2.28. The summed E-state index contributed by atoms with van der Waals surface area (Å²) in [5, 5.41) is 0. The lowest BCUT2D eigenvalue weighted by molar-refractivity contribution is -0.171. The van der Waals surface area contributed by atoms with Gasteiger partial charge in [0, 0.05) is 4.90 Å². The van der Waals surface area contributed by atoms with Gasteiger partial charge in [0.2, 0.25) is 0 Å². The van der Waals surface area contributed by atoms with Gasteiger partial charge in [-0.2, -0.15) is 0 Å². The highest BCUT2D eigenvalue weighted by atomic mass is 32.2. The minimum Gasteiger partial charge on any atom is -0.466 e. The van der Waals surface area contributed by atoms with E-state index in [0.29, 0.717) is 5.69 Å². The maximum absolute atomic E-state index is 12.7. The molecule has 0 saturated heterocycles. The summed E-state index contributed by atoms with van der Waals surface area (Å²) in [4.78, 5) is 40.4. The molecule has 1 aromatic carbocycles. The zero-order chi connectivity index (χ0) is 19.8. The molecule has 2 aliphatic rings. The summed E-state index contributed by atoms with van der Waals surface area (Å²) in [6.45, 7) is 3.11. The SMILES string of the molecule is CCOC(=O)C1(C)OC2Sc3ccccc3N2C(C(=O)OC)=C1C(=O)OC. The van der Waals surface area contributed by atoms with Gasteiger partial charge in [-0.25, -0.2) is 14.4 Å². The van der Waals surface area contributed by atoms with Crippen LogP contribution in [0.1, 0.15) is 13.8 Å². The van der Waals surface area contributed by atoms with E-state index in [1.165, 1.54) is 25.8 Å². The number of esters is 3. The fraction of sp³-hybridized carbons (Fsp3) is 0.389. The third-order valence-electron chi connectivity index (χ3n) is 4.29. The van der Waals surface area contributed by atoms with E-state index in [0.717, 1.165) is 12.0 Å². The van der Waals surface area contributed by atoms with Crippen LogP contribution in [-0.4, -0.2) is 49.9 Å². The fourth-order valence-corrected chi connectivity index (χ4v) is 4.28. The Kier molecular flexibility index (Phi) is 5.16. The Morgan fingerprint density at radius 2 is 1.85 bits per heavy atom. The molecule has 0 aromatic heterocycles. The van der Waals surface area contributed by atoms with Crippen molar-refractivity contribution in [2.45, 2.75) is 29.9 Å². The lowest BCUT2D eigenvalue weighted by Gasteiger charge is -2.41. The number of methoxy groups -OCH3 is 2. The summed E-state index contributed by atoms with van der Waals surface area (Å²) in [6, 6.07) is 7.29. The van der Waals surface area contributed by atoms with Gasteiger partial charge in [0.1, 0.15) is 11.3 Å². The molecule has 2 heterocycles. The van der Waals surface area contributed by atoms with Crippen LogP contribution >= 0.6 is 11.8 Å². The summed E-state index contributed by atoms with van der Waals surface area (Å²) < 4.78 is 20.9. The molecule has 0 N–H and O–H groups in total. The number of hydrogen-bond acceptors (Lipinski definition) is 9. The standard InChI is InChI=1S/C18H19NO7S/c1-5-25-16(22)18(2)12(14(20)23-3)13(15(21)24-4)19-10-8-6-7-9-11(10)27-17(19)26-18/h6-9,17H,5H2,1-4H3. The van der Waals surface area contributed by atoms with Gasteiger partial charge in [-0.1, -0.05) is 23.9 Å². The number of carbonyl (C=O) groups is 3. The number of anilines is 1. The molecule has 8 nitrogen and oxygen atoms in total. The molecule has 0 saturated carbocycles. The summed E-state index contributed by atoms with van der Waals surface area (Å²) in [6.07, 6.45) is 0. The van der Waals surface area contributed by atoms with Crippen molar-refractivity contribution in [2.24, 2.45) is 0 Å². The first-order valence-electron chi connectivity index (χ1n) is 8.20. The van der Waals surface area contributed by atoms with Crippen molar-refractivity contribution < 1.29 is 33.3 Å². The number of fused-ring (bicyclic) bond motifs is 3. The Morgan fingerprint density at radius 3 is 2.48 bits per heavy atom. The van der Waals surface area contributed by atoms with E-state index in [1.807, 2.05) is 12.1 Å². The van der Waals surface area contributed by atoms with E-state index in [1.54, 1.807) is 24.0 Å². The highest BCUT2D eigenvalue weighted by molar-refractivity contribution is 8.00. The van der Waals surface area contributed by atoms with E-state index in [4.69, 9.17) is 18.9 Å². The largest absolute Gasteiger partial charge is 0.466 e. The summed E-state index contributed by atoms with van der Waals surface area (Å²) in [7, 11) is 2.36. The van der Waals surface area contributed by atoms with Crippen molar-refractivity contribution in [3.05, 3.63) is 35.5 Å². The van der Waals surface area contributed by atoms with Gasteiger partial charge < -0.3 is 18.9 Å². The summed E-state index contributed by atoms with van der Waals surface area (Å²) in [5.74, 6) is -2.45. The van der Waals surface area contributed by atoms with Gasteiger partial charge in [-0.3, -0.25) is 4.90 Å². The topological polar surface area (TPSA) is 91.4 Å². The van der Waals surface area contributed by atoms with Crippen LogP contribution in [0.15, 0.2) is 40.4 Å². The summed E-state index contributed by atoms with van der Waals surface area (Å²) >= 11 is 1.31. The zero-order valence-electron chi connectivity index (χ0n) is 15.3. The minimum atomic E-state index is -1.83. The van der Waals surface area contributed by atoms with E-state index >= 15 is 0 Å². The normalized spacial score (nSPS) is 23.4. The van der Waals surface area contributed by atoms with Crippen LogP contribution in [-0.2, 0) is 33.3 Å². The van der Waals surface area contributed by atoms with Crippen LogP contribution in [0.5, 0.6) is 0 Å². The van der Waals surface area contributed by atoms with E-state index in [2.05, 4.69) is 0 Å². The van der Waals surface area contributed by atoms with Crippen LogP contribution in [0.2, 0.25) is 0 Å². The minimum absolute atomic E-state index is 0.0849. The average Bonchev–Trinajstić information content (AvgIpc) is 3.03. The molecule has 2 unspecified atom stereocenters. The van der Waals surface area contributed by atoms with Gasteiger partial charge in [0.15, 0.2) is 11.2 Å². The molecule has 1 aromatic rings. The molecule has 0 spiro atoms. The maximum Gasteiger partial charge on any atom is 0.355 e. The smallest absolute Gasteiger partial charge is 0.355 e. The second kappa shape index (κ2) is 7.24. The highest BCUT2D eigenvalue weighted by Gasteiger charge is 2.57. The fourth-order valence-electron chi connectivity index (χ4n) is 3.05. The monoisotopic (exact) mass is 393 g/mol. The van der Waals surface area contributed by atoms with Crippen molar-refractivity contribution in [3.63, 3.8) is 0 Å². The molecule has 27 heavy (non-hydrogen) atoms. The molecule has 2 aliphatic heterocycles. The van der Waals surface area contributed by atoms with Crippen molar-refractivity contribution in [1.82, 2.24) is 0 Å². The highest BCUT2D eigenvalue weighted by Crippen LogP contribution is 2.51. The molecule has 0 radical (unpaired) electrons. The quantitative estimate of drug-likeness (QED) is 0.561. The predicted octanol–water partition coefficient (Wildman–Crippen LogP) is 1.83. The Balaban J connectivity index is 2.28.